The van der Waals surface area contributed by atoms with Gasteiger partial charge in [-0.2, -0.15) is 0 Å². The van der Waals surface area contributed by atoms with Crippen molar-refractivity contribution in [2.24, 2.45) is 5.16 Å². The van der Waals surface area contributed by atoms with E-state index in [0.717, 1.165) is 38.8 Å². The van der Waals surface area contributed by atoms with Crippen LogP contribution in [0.1, 0.15) is 31.2 Å². The molecule has 2 rings (SSSR count). The fourth-order valence-electron chi connectivity index (χ4n) is 2.42. The molecule has 1 saturated heterocycles. The Bertz CT molecular complexity index is 487. The highest BCUT2D eigenvalue weighted by Crippen LogP contribution is 2.15. The Balaban J connectivity index is 0.00000242. The molecule has 7 nitrogen and oxygen atoms in total. The normalized spacial score (nSPS) is 19.5. The molecule has 0 bridgehead atoms. The van der Waals surface area contributed by atoms with Crippen molar-refractivity contribution >= 4 is 24.0 Å². The van der Waals surface area contributed by atoms with E-state index in [1.165, 1.54) is 6.20 Å². The Morgan fingerprint density at radius 3 is 3.00 bits per heavy atom. The van der Waals surface area contributed by atoms with E-state index in [1.54, 1.807) is 12.3 Å². The molecule has 0 amide bonds. The van der Waals surface area contributed by atoms with Crippen LogP contribution in [0.2, 0.25) is 0 Å². The van der Waals surface area contributed by atoms with Gasteiger partial charge in [0.25, 0.3) is 5.90 Å². The second kappa shape index (κ2) is 9.45. The lowest BCUT2D eigenvalue weighted by Gasteiger charge is -2.31. The molecule has 1 atom stereocenters. The van der Waals surface area contributed by atoms with E-state index >= 15 is 0 Å². The van der Waals surface area contributed by atoms with Gasteiger partial charge in [-0.3, -0.25) is 9.88 Å². The van der Waals surface area contributed by atoms with Crippen LogP contribution in [0.25, 0.3) is 0 Å². The number of nitrogen functional groups attached to an aromatic ring is 1. The predicted octanol–water partition coefficient (Wildman–Crippen LogP) is 1.43. The summed E-state index contributed by atoms with van der Waals surface area (Å²) in [7, 11) is 0. The van der Waals surface area contributed by atoms with E-state index in [1.807, 2.05) is 4.90 Å². The van der Waals surface area contributed by atoms with E-state index in [-0.39, 0.29) is 24.5 Å². The first kappa shape index (κ1) is 18.5. The molecular weight excluding hydrogens is 308 g/mol. The molecule has 0 aromatic carbocycles. The number of hydrogen-bond acceptors (Lipinski definition) is 7. The first-order chi connectivity index (χ1) is 10.2. The van der Waals surface area contributed by atoms with Crippen molar-refractivity contribution in [2.45, 2.75) is 31.9 Å². The number of piperidine rings is 1. The molecule has 1 fully saturated rings. The van der Waals surface area contributed by atoms with Gasteiger partial charge < -0.3 is 20.8 Å². The summed E-state index contributed by atoms with van der Waals surface area (Å²) in [6.45, 7) is 2.05. The Labute approximate surface area is 136 Å². The smallest absolute Gasteiger partial charge is 0.261 e. The van der Waals surface area contributed by atoms with Crippen molar-refractivity contribution < 1.29 is 15.1 Å². The van der Waals surface area contributed by atoms with Crippen LogP contribution in [-0.4, -0.2) is 52.0 Å². The topological polar surface area (TPSA) is 104 Å². The van der Waals surface area contributed by atoms with Crippen LogP contribution in [0.3, 0.4) is 0 Å². The van der Waals surface area contributed by atoms with E-state index in [2.05, 4.69) is 10.1 Å². The van der Waals surface area contributed by atoms with Gasteiger partial charge in [-0.1, -0.05) is 0 Å². The van der Waals surface area contributed by atoms with Gasteiger partial charge in [0.1, 0.15) is 6.23 Å². The minimum Gasteiger partial charge on any atom is -0.475 e. The maximum atomic E-state index is 9.83. The molecule has 0 radical (unpaired) electrons. The summed E-state index contributed by atoms with van der Waals surface area (Å²) in [4.78, 5) is 5.98. The van der Waals surface area contributed by atoms with Crippen LogP contribution >= 0.6 is 12.4 Å². The number of nitrogens with two attached hydrogens (primary N) is 1. The number of aliphatic hydroxyl groups excluding tert-OH is 1. The predicted molar refractivity (Wildman–Crippen MR) is 86.2 cm³/mol. The van der Waals surface area contributed by atoms with Crippen molar-refractivity contribution in [1.29, 1.82) is 0 Å². The van der Waals surface area contributed by atoms with Crippen molar-refractivity contribution in [1.82, 2.24) is 9.88 Å². The molecular formula is C14H23ClN4O3. The van der Waals surface area contributed by atoms with Gasteiger partial charge in [-0.15, -0.1) is 12.4 Å². The van der Waals surface area contributed by atoms with Crippen molar-refractivity contribution in [3.05, 3.63) is 24.0 Å². The average Bonchev–Trinajstić information content (AvgIpc) is 2.50. The monoisotopic (exact) mass is 330 g/mol. The number of halogens is 1. The van der Waals surface area contributed by atoms with Gasteiger partial charge in [-0.05, 0) is 36.9 Å². The van der Waals surface area contributed by atoms with Gasteiger partial charge >= 0.3 is 0 Å². The summed E-state index contributed by atoms with van der Waals surface area (Å²) >= 11 is 0. The second-order valence-electron chi connectivity index (χ2n) is 5.08. The zero-order chi connectivity index (χ0) is 15.1. The summed E-state index contributed by atoms with van der Waals surface area (Å²) in [5.74, 6) is 0.0693. The third kappa shape index (κ3) is 5.01. The average molecular weight is 331 g/mol. The van der Waals surface area contributed by atoms with Crippen LogP contribution in [0.4, 0.5) is 5.69 Å². The molecule has 1 aromatic heterocycles. The fourth-order valence-corrected chi connectivity index (χ4v) is 2.42. The van der Waals surface area contributed by atoms with Crippen LogP contribution in [0.5, 0.6) is 0 Å². The van der Waals surface area contributed by atoms with E-state index in [4.69, 9.17) is 15.7 Å². The molecule has 1 unspecified atom stereocenters. The number of oxime groups is 1. The number of hydrogen-bond donors (Lipinski definition) is 3. The van der Waals surface area contributed by atoms with Crippen LogP contribution in [0, 0.1) is 0 Å². The maximum Gasteiger partial charge on any atom is 0.261 e. The molecule has 2 heterocycles. The van der Waals surface area contributed by atoms with Crippen LogP contribution in [0.15, 0.2) is 23.6 Å². The Morgan fingerprint density at radius 1 is 1.50 bits per heavy atom. The van der Waals surface area contributed by atoms with Crippen LogP contribution in [-0.2, 0) is 4.74 Å². The number of pyridine rings is 1. The number of aromatic nitrogens is 1. The molecule has 1 aliphatic rings. The van der Waals surface area contributed by atoms with Crippen molar-refractivity contribution in [3.63, 3.8) is 0 Å². The SMILES string of the molecule is Cl.Nc1ccncc1C(=NO)OCCCN1CCCCC1O. The van der Waals surface area contributed by atoms with Gasteiger partial charge in [0, 0.05) is 31.2 Å². The van der Waals surface area contributed by atoms with Gasteiger partial charge in [0.15, 0.2) is 0 Å². The number of likely N-dealkylation sites (tertiary alicyclic amines) is 1. The Kier molecular flexibility index (Phi) is 7.94. The maximum absolute atomic E-state index is 9.83. The first-order valence-corrected chi connectivity index (χ1v) is 7.19. The minimum atomic E-state index is -0.348. The molecule has 1 aromatic rings. The molecule has 8 heteroatoms. The fraction of sp³-hybridized carbons (Fsp3) is 0.571. The molecule has 0 saturated carbocycles. The summed E-state index contributed by atoms with van der Waals surface area (Å²) < 4.78 is 5.46. The number of anilines is 1. The quantitative estimate of drug-likeness (QED) is 0.248. The zero-order valence-corrected chi connectivity index (χ0v) is 13.2. The third-order valence-electron chi connectivity index (χ3n) is 3.58. The number of nitrogens with zero attached hydrogens (tertiary/aromatic N) is 3. The minimum absolute atomic E-state index is 0. The highest BCUT2D eigenvalue weighted by molar-refractivity contribution is 5.98. The van der Waals surface area contributed by atoms with Gasteiger partial charge in [-0.25, -0.2) is 0 Å². The van der Waals surface area contributed by atoms with Gasteiger partial charge in [0.2, 0.25) is 0 Å². The molecule has 1 aliphatic heterocycles. The summed E-state index contributed by atoms with van der Waals surface area (Å²) in [5, 5.41) is 22.0. The number of aliphatic hydroxyl groups is 1. The molecule has 22 heavy (non-hydrogen) atoms. The van der Waals surface area contributed by atoms with E-state index in [0.29, 0.717) is 17.9 Å². The highest BCUT2D eigenvalue weighted by atomic mass is 35.5. The largest absolute Gasteiger partial charge is 0.475 e. The number of rotatable bonds is 5. The third-order valence-corrected chi connectivity index (χ3v) is 3.58. The molecule has 4 N–H and O–H groups in total. The van der Waals surface area contributed by atoms with Gasteiger partial charge in [0.05, 0.1) is 12.2 Å². The lowest BCUT2D eigenvalue weighted by atomic mass is 10.1. The van der Waals surface area contributed by atoms with E-state index in [9.17, 15) is 5.11 Å². The highest BCUT2D eigenvalue weighted by Gasteiger charge is 2.19. The molecule has 124 valence electrons. The lowest BCUT2D eigenvalue weighted by molar-refractivity contribution is -0.0257. The van der Waals surface area contributed by atoms with Crippen LogP contribution < -0.4 is 5.73 Å². The molecule has 0 spiro atoms. The van der Waals surface area contributed by atoms with Crippen molar-refractivity contribution in [3.8, 4) is 0 Å². The summed E-state index contributed by atoms with van der Waals surface area (Å²) in [6.07, 6.45) is 6.47. The number of ether oxygens (including phenoxy) is 1. The Hall–Kier alpha value is -1.57. The van der Waals surface area contributed by atoms with Crippen molar-refractivity contribution in [2.75, 3.05) is 25.4 Å². The zero-order valence-electron chi connectivity index (χ0n) is 12.4. The Morgan fingerprint density at radius 2 is 2.32 bits per heavy atom. The lowest BCUT2D eigenvalue weighted by Crippen LogP contribution is -2.40. The summed E-state index contributed by atoms with van der Waals surface area (Å²) in [5.41, 5.74) is 6.70. The standard InChI is InChI=1S/C14H22N4O3.ClH/c15-12-5-6-16-10-11(12)14(17-20)21-9-3-8-18-7-2-1-4-13(18)19;/h5-6,10,13,19-20H,1-4,7-9H2,(H2,15,16);1H. The second-order valence-corrected chi connectivity index (χ2v) is 5.08. The van der Waals surface area contributed by atoms with E-state index < -0.39 is 0 Å². The summed E-state index contributed by atoms with van der Waals surface area (Å²) in [6, 6.07) is 1.62. The molecule has 0 aliphatic carbocycles. The first-order valence-electron chi connectivity index (χ1n) is 7.19.